The lowest BCUT2D eigenvalue weighted by Gasteiger charge is -2.37. The normalized spacial score (nSPS) is 15.8. The first kappa shape index (κ1) is 17.5. The van der Waals surface area contributed by atoms with Gasteiger partial charge >= 0.3 is 5.97 Å². The molecule has 6 nitrogen and oxygen atoms in total. The Morgan fingerprint density at radius 2 is 2.12 bits per heavy atom. The molecule has 1 aliphatic rings. The van der Waals surface area contributed by atoms with E-state index in [4.69, 9.17) is 9.84 Å². The monoisotopic (exact) mass is 343 g/mol. The number of ether oxygens (including phenoxy) is 1. The van der Waals surface area contributed by atoms with Crippen molar-refractivity contribution in [2.45, 2.75) is 25.8 Å². The van der Waals surface area contributed by atoms with E-state index >= 15 is 0 Å². The highest BCUT2D eigenvalue weighted by Crippen LogP contribution is 2.33. The Morgan fingerprint density at radius 3 is 2.76 bits per heavy atom. The van der Waals surface area contributed by atoms with Gasteiger partial charge in [-0.25, -0.2) is 4.98 Å². The summed E-state index contributed by atoms with van der Waals surface area (Å²) in [7, 11) is 3.56. The number of hydrogen-bond donors (Lipinski definition) is 1. The summed E-state index contributed by atoms with van der Waals surface area (Å²) in [5.74, 6) is 0.0197. The smallest absolute Gasteiger partial charge is 0.317 e. The SMILES string of the molecule is COc1cccc2c(N3CCC(N(C)CC(=O)O)CC3)cc(C)nc12. The van der Waals surface area contributed by atoms with Crippen LogP contribution in [0.1, 0.15) is 18.5 Å². The van der Waals surface area contributed by atoms with Crippen LogP contribution in [-0.2, 0) is 4.79 Å². The second-order valence-corrected chi connectivity index (χ2v) is 6.67. The van der Waals surface area contributed by atoms with Crippen LogP contribution in [0.4, 0.5) is 5.69 Å². The van der Waals surface area contributed by atoms with Crippen LogP contribution < -0.4 is 9.64 Å². The standard InChI is InChI=1S/C19H25N3O3/c1-13-11-16(15-5-4-6-17(25-3)19(15)20-13)22-9-7-14(8-10-22)21(2)12-18(23)24/h4-6,11,14H,7-10,12H2,1-3H3,(H,23,24). The zero-order valence-electron chi connectivity index (χ0n) is 15.0. The average molecular weight is 343 g/mol. The van der Waals surface area contributed by atoms with Crippen LogP contribution in [0, 0.1) is 6.92 Å². The van der Waals surface area contributed by atoms with Crippen molar-refractivity contribution in [3.8, 4) is 5.75 Å². The number of carboxylic acid groups (broad SMARTS) is 1. The molecule has 6 heteroatoms. The molecule has 0 bridgehead atoms. The lowest BCUT2D eigenvalue weighted by molar-refractivity contribution is -0.138. The van der Waals surface area contributed by atoms with Gasteiger partial charge in [0.05, 0.1) is 13.7 Å². The summed E-state index contributed by atoms with van der Waals surface area (Å²) in [6.45, 7) is 3.91. The Labute approximate surface area is 148 Å². The number of aromatic nitrogens is 1. The fourth-order valence-electron chi connectivity index (χ4n) is 3.64. The third kappa shape index (κ3) is 3.69. The number of methoxy groups -OCH3 is 1. The molecule has 1 aromatic carbocycles. The van der Waals surface area contributed by atoms with Gasteiger partial charge in [-0.3, -0.25) is 9.69 Å². The Bertz CT molecular complexity index is 770. The maximum Gasteiger partial charge on any atom is 0.317 e. The van der Waals surface area contributed by atoms with Crippen molar-refractivity contribution >= 4 is 22.6 Å². The Hall–Kier alpha value is -2.34. The number of piperidine rings is 1. The van der Waals surface area contributed by atoms with E-state index in [9.17, 15) is 4.79 Å². The third-order valence-electron chi connectivity index (χ3n) is 4.94. The summed E-state index contributed by atoms with van der Waals surface area (Å²) in [6, 6.07) is 8.46. The molecule has 1 saturated heterocycles. The molecule has 134 valence electrons. The minimum absolute atomic E-state index is 0.0964. The molecule has 1 aromatic heterocycles. The highest BCUT2D eigenvalue weighted by atomic mass is 16.5. The van der Waals surface area contributed by atoms with E-state index in [1.807, 2.05) is 31.0 Å². The fourth-order valence-corrected chi connectivity index (χ4v) is 3.64. The van der Waals surface area contributed by atoms with E-state index in [2.05, 4.69) is 22.0 Å². The summed E-state index contributed by atoms with van der Waals surface area (Å²) < 4.78 is 5.47. The largest absolute Gasteiger partial charge is 0.494 e. The third-order valence-corrected chi connectivity index (χ3v) is 4.94. The lowest BCUT2D eigenvalue weighted by atomic mass is 10.0. The van der Waals surface area contributed by atoms with Gasteiger partial charge in [0.25, 0.3) is 0 Å². The van der Waals surface area contributed by atoms with Gasteiger partial charge in [0.2, 0.25) is 0 Å². The van der Waals surface area contributed by atoms with Crippen molar-refractivity contribution in [2.24, 2.45) is 0 Å². The first-order chi connectivity index (χ1) is 12.0. The van der Waals surface area contributed by atoms with Crippen LogP contribution in [0.5, 0.6) is 5.75 Å². The topological polar surface area (TPSA) is 65.9 Å². The summed E-state index contributed by atoms with van der Waals surface area (Å²) >= 11 is 0. The summed E-state index contributed by atoms with van der Waals surface area (Å²) in [6.07, 6.45) is 1.91. The molecular formula is C19H25N3O3. The first-order valence-electron chi connectivity index (χ1n) is 8.61. The van der Waals surface area contributed by atoms with E-state index < -0.39 is 5.97 Å². The summed E-state index contributed by atoms with van der Waals surface area (Å²) in [4.78, 5) is 19.9. The minimum Gasteiger partial charge on any atom is -0.494 e. The molecule has 25 heavy (non-hydrogen) atoms. The number of nitrogens with zero attached hydrogens (tertiary/aromatic N) is 3. The number of likely N-dealkylation sites (N-methyl/N-ethyl adjacent to an activating group) is 1. The van der Waals surface area contributed by atoms with Crippen LogP contribution in [0.3, 0.4) is 0 Å². The second kappa shape index (κ2) is 7.27. The molecule has 2 heterocycles. The second-order valence-electron chi connectivity index (χ2n) is 6.67. The number of hydrogen-bond acceptors (Lipinski definition) is 5. The van der Waals surface area contributed by atoms with E-state index in [0.717, 1.165) is 48.3 Å². The molecule has 1 aliphatic heterocycles. The van der Waals surface area contributed by atoms with Crippen LogP contribution in [0.25, 0.3) is 10.9 Å². The van der Waals surface area contributed by atoms with Crippen molar-refractivity contribution in [2.75, 3.05) is 38.7 Å². The van der Waals surface area contributed by atoms with Gasteiger partial charge < -0.3 is 14.7 Å². The lowest BCUT2D eigenvalue weighted by Crippen LogP contribution is -2.45. The molecule has 1 N–H and O–H groups in total. The highest BCUT2D eigenvalue weighted by molar-refractivity contribution is 5.95. The van der Waals surface area contributed by atoms with Gasteiger partial charge in [0.15, 0.2) is 0 Å². The van der Waals surface area contributed by atoms with E-state index in [1.54, 1.807) is 7.11 Å². The van der Waals surface area contributed by atoms with Crippen LogP contribution in [0.15, 0.2) is 24.3 Å². The zero-order chi connectivity index (χ0) is 18.0. The zero-order valence-corrected chi connectivity index (χ0v) is 15.0. The van der Waals surface area contributed by atoms with Crippen LogP contribution in [-0.4, -0.2) is 60.8 Å². The number of carbonyl (C=O) groups is 1. The molecule has 2 aromatic rings. The van der Waals surface area contributed by atoms with Crippen molar-refractivity contribution in [3.05, 3.63) is 30.0 Å². The number of benzene rings is 1. The fraction of sp³-hybridized carbons (Fsp3) is 0.474. The van der Waals surface area contributed by atoms with Gasteiger partial charge in [-0.05, 0) is 38.9 Å². The van der Waals surface area contributed by atoms with Gasteiger partial charge in [-0.15, -0.1) is 0 Å². The Morgan fingerprint density at radius 1 is 1.40 bits per heavy atom. The molecule has 0 radical (unpaired) electrons. The first-order valence-corrected chi connectivity index (χ1v) is 8.61. The van der Waals surface area contributed by atoms with Gasteiger partial charge in [0.1, 0.15) is 11.3 Å². The molecule has 0 amide bonds. The number of carboxylic acids is 1. The molecule has 0 aliphatic carbocycles. The number of anilines is 1. The van der Waals surface area contributed by atoms with E-state index in [1.165, 1.54) is 5.69 Å². The van der Waals surface area contributed by atoms with Crippen molar-refractivity contribution < 1.29 is 14.6 Å². The Balaban J connectivity index is 1.83. The maximum atomic E-state index is 10.9. The minimum atomic E-state index is -0.771. The van der Waals surface area contributed by atoms with Crippen molar-refractivity contribution in [3.63, 3.8) is 0 Å². The highest BCUT2D eigenvalue weighted by Gasteiger charge is 2.25. The summed E-state index contributed by atoms with van der Waals surface area (Å²) in [5, 5.41) is 10.1. The summed E-state index contributed by atoms with van der Waals surface area (Å²) in [5.41, 5.74) is 3.04. The maximum absolute atomic E-state index is 10.9. The number of fused-ring (bicyclic) bond motifs is 1. The van der Waals surface area contributed by atoms with Crippen LogP contribution >= 0.6 is 0 Å². The number of pyridine rings is 1. The predicted molar refractivity (Wildman–Crippen MR) is 98.5 cm³/mol. The molecule has 0 spiro atoms. The number of aliphatic carboxylic acids is 1. The number of rotatable bonds is 5. The van der Waals surface area contributed by atoms with Crippen LogP contribution in [0.2, 0.25) is 0 Å². The van der Waals surface area contributed by atoms with E-state index in [0.29, 0.717) is 6.04 Å². The molecule has 0 atom stereocenters. The van der Waals surface area contributed by atoms with Crippen molar-refractivity contribution in [1.82, 2.24) is 9.88 Å². The number of para-hydroxylation sites is 1. The van der Waals surface area contributed by atoms with Gasteiger partial charge in [-0.1, -0.05) is 12.1 Å². The van der Waals surface area contributed by atoms with Gasteiger partial charge in [-0.2, -0.15) is 0 Å². The van der Waals surface area contributed by atoms with Gasteiger partial charge in [0, 0.05) is 35.9 Å². The molecule has 0 saturated carbocycles. The number of aryl methyl sites for hydroxylation is 1. The molecular weight excluding hydrogens is 318 g/mol. The van der Waals surface area contributed by atoms with Crippen molar-refractivity contribution in [1.29, 1.82) is 0 Å². The average Bonchev–Trinajstić information content (AvgIpc) is 2.60. The molecule has 3 rings (SSSR count). The molecule has 1 fully saturated rings. The predicted octanol–water partition coefficient (Wildman–Crippen LogP) is 2.54. The Kier molecular flexibility index (Phi) is 5.08. The quantitative estimate of drug-likeness (QED) is 0.900. The molecule has 0 unspecified atom stereocenters. The van der Waals surface area contributed by atoms with E-state index in [-0.39, 0.29) is 6.54 Å².